The SMILES string of the molecule is COC(=O)Cc1cc(C)cc(C)n1. The summed E-state index contributed by atoms with van der Waals surface area (Å²) >= 11 is 0. The monoisotopic (exact) mass is 179 g/mol. The molecule has 0 aliphatic heterocycles. The van der Waals surface area contributed by atoms with Crippen LogP contribution in [0.1, 0.15) is 17.0 Å². The number of ether oxygens (including phenoxy) is 1. The van der Waals surface area contributed by atoms with Crippen LogP contribution in [0.3, 0.4) is 0 Å². The normalized spacial score (nSPS) is 9.77. The average Bonchev–Trinajstić information content (AvgIpc) is 2.02. The summed E-state index contributed by atoms with van der Waals surface area (Å²) in [7, 11) is 1.38. The second kappa shape index (κ2) is 4.03. The van der Waals surface area contributed by atoms with Crippen molar-refractivity contribution >= 4 is 5.97 Å². The highest BCUT2D eigenvalue weighted by Gasteiger charge is 2.04. The Bertz CT molecular complexity index is 300. The van der Waals surface area contributed by atoms with Gasteiger partial charge in [0.1, 0.15) is 0 Å². The maximum atomic E-state index is 10.9. The standard InChI is InChI=1S/C10H13NO2/c1-7-4-8(2)11-9(5-7)6-10(12)13-3/h4-5H,6H2,1-3H3. The van der Waals surface area contributed by atoms with Gasteiger partial charge >= 0.3 is 5.97 Å². The van der Waals surface area contributed by atoms with Crippen LogP contribution in [0.5, 0.6) is 0 Å². The van der Waals surface area contributed by atoms with Crippen LogP contribution in [0.2, 0.25) is 0 Å². The van der Waals surface area contributed by atoms with E-state index in [9.17, 15) is 4.79 Å². The van der Waals surface area contributed by atoms with Crippen LogP contribution < -0.4 is 0 Å². The number of carbonyl (C=O) groups is 1. The topological polar surface area (TPSA) is 39.2 Å². The highest BCUT2D eigenvalue weighted by molar-refractivity contribution is 5.71. The number of carbonyl (C=O) groups excluding carboxylic acids is 1. The highest BCUT2D eigenvalue weighted by atomic mass is 16.5. The largest absolute Gasteiger partial charge is 0.469 e. The van der Waals surface area contributed by atoms with Gasteiger partial charge in [-0.2, -0.15) is 0 Å². The Hall–Kier alpha value is -1.38. The fourth-order valence-corrected chi connectivity index (χ4v) is 1.24. The molecule has 0 spiro atoms. The van der Waals surface area contributed by atoms with E-state index < -0.39 is 0 Å². The third-order valence-corrected chi connectivity index (χ3v) is 1.70. The molecule has 0 bridgehead atoms. The summed E-state index contributed by atoms with van der Waals surface area (Å²) in [4.78, 5) is 15.2. The van der Waals surface area contributed by atoms with Gasteiger partial charge < -0.3 is 4.74 Å². The van der Waals surface area contributed by atoms with Gasteiger partial charge in [0.25, 0.3) is 0 Å². The third kappa shape index (κ3) is 2.86. The molecule has 0 radical (unpaired) electrons. The molecule has 3 nitrogen and oxygen atoms in total. The van der Waals surface area contributed by atoms with Crippen molar-refractivity contribution in [3.63, 3.8) is 0 Å². The van der Waals surface area contributed by atoms with Gasteiger partial charge in [-0.25, -0.2) is 0 Å². The highest BCUT2D eigenvalue weighted by Crippen LogP contribution is 2.05. The summed E-state index contributed by atoms with van der Waals surface area (Å²) in [6, 6.07) is 3.87. The second-order valence-electron chi connectivity index (χ2n) is 3.03. The van der Waals surface area contributed by atoms with E-state index in [2.05, 4.69) is 9.72 Å². The maximum absolute atomic E-state index is 10.9. The van der Waals surface area contributed by atoms with E-state index in [1.807, 2.05) is 26.0 Å². The number of methoxy groups -OCH3 is 1. The Morgan fingerprint density at radius 3 is 2.69 bits per heavy atom. The molecular formula is C10H13NO2. The lowest BCUT2D eigenvalue weighted by Crippen LogP contribution is -2.06. The van der Waals surface area contributed by atoms with Crippen LogP contribution in [0.25, 0.3) is 0 Å². The van der Waals surface area contributed by atoms with Crippen LogP contribution in [0.4, 0.5) is 0 Å². The molecule has 1 heterocycles. The van der Waals surface area contributed by atoms with Crippen molar-refractivity contribution in [2.45, 2.75) is 20.3 Å². The maximum Gasteiger partial charge on any atom is 0.311 e. The van der Waals surface area contributed by atoms with E-state index in [0.29, 0.717) is 0 Å². The number of hydrogen-bond acceptors (Lipinski definition) is 3. The lowest BCUT2D eigenvalue weighted by molar-refractivity contribution is -0.139. The van der Waals surface area contributed by atoms with Crippen molar-refractivity contribution in [3.05, 3.63) is 29.1 Å². The first kappa shape index (κ1) is 9.71. The van der Waals surface area contributed by atoms with E-state index in [1.165, 1.54) is 7.11 Å². The van der Waals surface area contributed by atoms with Gasteiger partial charge in [-0.1, -0.05) is 0 Å². The molecule has 0 amide bonds. The molecule has 0 saturated carbocycles. The minimum atomic E-state index is -0.252. The van der Waals surface area contributed by atoms with Gasteiger partial charge in [-0.05, 0) is 31.5 Å². The van der Waals surface area contributed by atoms with Crippen LogP contribution in [-0.2, 0) is 16.0 Å². The molecule has 0 unspecified atom stereocenters. The molecule has 0 aromatic carbocycles. The second-order valence-corrected chi connectivity index (χ2v) is 3.03. The summed E-state index contributed by atoms with van der Waals surface area (Å²) in [5, 5.41) is 0. The van der Waals surface area contributed by atoms with E-state index >= 15 is 0 Å². The van der Waals surface area contributed by atoms with Gasteiger partial charge in [-0.15, -0.1) is 0 Å². The Morgan fingerprint density at radius 1 is 1.46 bits per heavy atom. The van der Waals surface area contributed by atoms with Crippen molar-refractivity contribution in [2.75, 3.05) is 7.11 Å². The smallest absolute Gasteiger partial charge is 0.311 e. The Labute approximate surface area is 77.8 Å². The first-order chi connectivity index (χ1) is 6.11. The minimum absolute atomic E-state index is 0.249. The fourth-order valence-electron chi connectivity index (χ4n) is 1.24. The molecule has 1 aromatic rings. The van der Waals surface area contributed by atoms with E-state index in [4.69, 9.17) is 0 Å². The Balaban J connectivity index is 2.83. The summed E-state index contributed by atoms with van der Waals surface area (Å²) in [5.41, 5.74) is 2.81. The van der Waals surface area contributed by atoms with Crippen LogP contribution in [0.15, 0.2) is 12.1 Å². The predicted octanol–water partition coefficient (Wildman–Crippen LogP) is 1.41. The van der Waals surface area contributed by atoms with Crippen molar-refractivity contribution in [1.82, 2.24) is 4.98 Å². The van der Waals surface area contributed by atoms with Gasteiger partial charge in [0, 0.05) is 5.69 Å². The zero-order chi connectivity index (χ0) is 9.84. The molecule has 0 aliphatic rings. The fraction of sp³-hybridized carbons (Fsp3) is 0.400. The van der Waals surface area contributed by atoms with E-state index in [1.54, 1.807) is 0 Å². The van der Waals surface area contributed by atoms with Crippen molar-refractivity contribution < 1.29 is 9.53 Å². The minimum Gasteiger partial charge on any atom is -0.469 e. The number of nitrogens with zero attached hydrogens (tertiary/aromatic N) is 1. The van der Waals surface area contributed by atoms with Crippen LogP contribution in [-0.4, -0.2) is 18.1 Å². The molecule has 0 saturated heterocycles. The number of pyridine rings is 1. The van der Waals surface area contributed by atoms with Crippen LogP contribution in [0, 0.1) is 13.8 Å². The van der Waals surface area contributed by atoms with Gasteiger partial charge in [-0.3, -0.25) is 9.78 Å². The molecule has 0 N–H and O–H groups in total. The zero-order valence-corrected chi connectivity index (χ0v) is 8.13. The first-order valence-electron chi connectivity index (χ1n) is 4.13. The summed E-state index contributed by atoms with van der Waals surface area (Å²) in [6.45, 7) is 3.89. The Morgan fingerprint density at radius 2 is 2.15 bits per heavy atom. The molecular weight excluding hydrogens is 166 g/mol. The molecule has 0 fully saturated rings. The first-order valence-corrected chi connectivity index (χ1v) is 4.13. The molecule has 3 heteroatoms. The average molecular weight is 179 g/mol. The number of aryl methyl sites for hydroxylation is 2. The van der Waals surface area contributed by atoms with E-state index in [0.717, 1.165) is 17.0 Å². The van der Waals surface area contributed by atoms with Gasteiger partial charge in [0.2, 0.25) is 0 Å². The number of aromatic nitrogens is 1. The lowest BCUT2D eigenvalue weighted by atomic mass is 10.2. The van der Waals surface area contributed by atoms with Crippen molar-refractivity contribution in [3.8, 4) is 0 Å². The van der Waals surface area contributed by atoms with Gasteiger partial charge in [0.15, 0.2) is 0 Å². The summed E-state index contributed by atoms with van der Waals surface area (Å²) in [6.07, 6.45) is 0.249. The zero-order valence-electron chi connectivity index (χ0n) is 8.13. The lowest BCUT2D eigenvalue weighted by Gasteiger charge is -2.02. The Kier molecular flexibility index (Phi) is 3.01. The number of hydrogen-bond donors (Lipinski definition) is 0. The summed E-state index contributed by atoms with van der Waals surface area (Å²) < 4.78 is 4.55. The third-order valence-electron chi connectivity index (χ3n) is 1.70. The van der Waals surface area contributed by atoms with E-state index in [-0.39, 0.29) is 12.4 Å². The van der Waals surface area contributed by atoms with Crippen LogP contribution >= 0.6 is 0 Å². The number of rotatable bonds is 2. The summed E-state index contributed by atoms with van der Waals surface area (Å²) in [5.74, 6) is -0.252. The molecule has 1 aromatic heterocycles. The van der Waals surface area contributed by atoms with Crippen molar-refractivity contribution in [2.24, 2.45) is 0 Å². The molecule has 70 valence electrons. The molecule has 13 heavy (non-hydrogen) atoms. The number of esters is 1. The van der Waals surface area contributed by atoms with Gasteiger partial charge in [0.05, 0.1) is 19.2 Å². The predicted molar refractivity (Wildman–Crippen MR) is 49.4 cm³/mol. The molecule has 1 rings (SSSR count). The van der Waals surface area contributed by atoms with Crippen molar-refractivity contribution in [1.29, 1.82) is 0 Å². The molecule has 0 aliphatic carbocycles. The molecule has 0 atom stereocenters. The quantitative estimate of drug-likeness (QED) is 0.644.